The first-order valence-electron chi connectivity index (χ1n) is 0.289. The molecule has 0 aromatic carbocycles. The van der Waals surface area contributed by atoms with E-state index >= 15 is 0 Å². The summed E-state index contributed by atoms with van der Waals surface area (Å²) in [6.45, 7) is 0. The van der Waals surface area contributed by atoms with Crippen LogP contribution in [-0.4, -0.2) is 61.2 Å². The van der Waals surface area contributed by atoms with Gasteiger partial charge in [-0.1, -0.05) is 7.43 Å². The van der Waals surface area contributed by atoms with E-state index < -0.39 is 0 Å². The molecule has 0 aliphatic carbocycles. The molecule has 0 saturated heterocycles. The fraction of sp³-hybridized carbons (Fsp3) is 1.00. The fourth-order valence-electron chi connectivity index (χ4n) is 0. The van der Waals surface area contributed by atoms with Gasteiger partial charge in [0, 0.05) is 0 Å². The minimum absolute atomic E-state index is 0. The predicted octanol–water partition coefficient (Wildman–Crippen LogP) is -1.42. The van der Waals surface area contributed by atoms with E-state index in [0.717, 1.165) is 0 Å². The fourth-order valence-corrected chi connectivity index (χ4v) is 0. The average Bonchev–Trinajstić information content (AvgIpc) is 1.00. The standard InChI is InChI=1S/CH4.2Mg.3H2O.O/h1H4;;;3*1H2;/q;;+2;;;;/p-2. The van der Waals surface area contributed by atoms with Crippen LogP contribution in [0, 0.1) is 0 Å². The van der Waals surface area contributed by atoms with Crippen LogP contribution >= 0.6 is 0 Å². The summed E-state index contributed by atoms with van der Waals surface area (Å²) in [5.41, 5.74) is 0. The Morgan fingerprint density at radius 3 is 1.00 bits per heavy atom. The molecule has 0 heterocycles. The number of rotatable bonds is 0. The predicted molar refractivity (Wildman–Crippen MR) is 26.4 cm³/mol. The van der Waals surface area contributed by atoms with Gasteiger partial charge < -0.3 is 16.4 Å². The molecular weight excluding hydrogens is 125 g/mol. The van der Waals surface area contributed by atoms with Crippen LogP contribution in [0.15, 0.2) is 0 Å². The summed E-state index contributed by atoms with van der Waals surface area (Å²) in [4.78, 5) is 0. The maximum atomic E-state index is 8.28. The van der Waals surface area contributed by atoms with Crippen LogP contribution in [0.2, 0.25) is 0 Å². The van der Waals surface area contributed by atoms with E-state index in [-0.39, 0.29) is 46.9 Å². The Labute approximate surface area is 71.5 Å². The van der Waals surface area contributed by atoms with Crippen molar-refractivity contribution in [3.63, 3.8) is 0 Å². The number of hydrogen-bond acceptors (Lipinski definition) is 3. The molecule has 4 N–H and O–H groups in total. The molecule has 0 atom stereocenters. The second-order valence-electron chi connectivity index (χ2n) is 0. The van der Waals surface area contributed by atoms with E-state index in [1.165, 1.54) is 0 Å². The van der Waals surface area contributed by atoms with Gasteiger partial charge in [0.05, 0.1) is 0 Å². The van der Waals surface area contributed by atoms with Crippen LogP contribution < -0.4 is 0 Å². The van der Waals surface area contributed by atoms with Gasteiger partial charge in [-0.15, -0.1) is 0 Å². The molecule has 0 aromatic heterocycles. The first-order valence-corrected chi connectivity index (χ1v) is 0.866. The Bertz CT molecular complexity index is 9.65. The molecular formula is CH8Mg2O4. The van der Waals surface area contributed by atoms with E-state index in [2.05, 4.69) is 0 Å². The summed E-state index contributed by atoms with van der Waals surface area (Å²) < 4.78 is 8.28. The molecule has 0 aliphatic rings. The van der Waals surface area contributed by atoms with Crippen molar-refractivity contribution in [3.05, 3.63) is 0 Å². The Kier molecular flexibility index (Phi) is 2360. The summed E-state index contributed by atoms with van der Waals surface area (Å²) in [5, 5.41) is 0. The van der Waals surface area contributed by atoms with Crippen LogP contribution in [-0.2, 0) is 3.17 Å². The van der Waals surface area contributed by atoms with Crippen LogP contribution in [0.3, 0.4) is 0 Å². The van der Waals surface area contributed by atoms with E-state index in [1.807, 2.05) is 0 Å². The third-order valence-electron chi connectivity index (χ3n) is 0. The summed E-state index contributed by atoms with van der Waals surface area (Å²) in [5.74, 6) is 0. The van der Waals surface area contributed by atoms with Crippen molar-refractivity contribution in [1.82, 2.24) is 0 Å². The molecule has 0 saturated carbocycles. The third-order valence-corrected chi connectivity index (χ3v) is 0. The summed E-state index contributed by atoms with van der Waals surface area (Å²) in [6, 6.07) is 0. The first kappa shape index (κ1) is 87.3. The van der Waals surface area contributed by atoms with Gasteiger partial charge >= 0.3 is 47.9 Å². The Morgan fingerprint density at radius 2 is 1.00 bits per heavy atom. The van der Waals surface area contributed by atoms with Gasteiger partial charge in [-0.3, -0.25) is 0 Å². The van der Waals surface area contributed by atoms with Crippen molar-refractivity contribution in [1.29, 1.82) is 0 Å². The molecule has 4 nitrogen and oxygen atoms in total. The van der Waals surface area contributed by atoms with Crippen molar-refractivity contribution in [2.75, 3.05) is 0 Å². The van der Waals surface area contributed by atoms with Crippen LogP contribution in [0.5, 0.6) is 0 Å². The van der Waals surface area contributed by atoms with Crippen molar-refractivity contribution in [2.45, 2.75) is 7.43 Å². The van der Waals surface area contributed by atoms with Crippen molar-refractivity contribution in [3.8, 4) is 0 Å². The molecule has 0 amide bonds. The van der Waals surface area contributed by atoms with Gasteiger partial charge in [0.1, 0.15) is 0 Å². The van der Waals surface area contributed by atoms with Crippen molar-refractivity contribution < 1.29 is 19.6 Å². The van der Waals surface area contributed by atoms with Gasteiger partial charge in [0.25, 0.3) is 0 Å². The van der Waals surface area contributed by atoms with E-state index in [0.29, 0.717) is 21.7 Å². The Hall–Kier alpha value is 1.21. The zero-order valence-corrected chi connectivity index (χ0v) is 6.05. The van der Waals surface area contributed by atoms with Gasteiger partial charge in [0.15, 0.2) is 0 Å². The zero-order chi connectivity index (χ0) is 2.00. The third kappa shape index (κ3) is 133. The second kappa shape index (κ2) is 189. The molecule has 0 fully saturated rings. The molecule has 0 unspecified atom stereocenters. The molecule has 0 aliphatic heterocycles. The molecule has 0 rings (SSSR count). The summed E-state index contributed by atoms with van der Waals surface area (Å²) in [7, 11) is 0. The van der Waals surface area contributed by atoms with Crippen LogP contribution in [0.25, 0.3) is 0 Å². The van der Waals surface area contributed by atoms with Gasteiger partial charge in [-0.2, -0.15) is 0 Å². The minimum atomic E-state index is 0. The quantitative estimate of drug-likeness (QED) is 0.377. The van der Waals surface area contributed by atoms with Crippen LogP contribution in [0.1, 0.15) is 7.43 Å². The van der Waals surface area contributed by atoms with E-state index in [1.54, 1.807) is 0 Å². The summed E-state index contributed by atoms with van der Waals surface area (Å²) in [6.07, 6.45) is 0. The molecule has 0 radical (unpaired) electrons. The van der Waals surface area contributed by atoms with Gasteiger partial charge in [-0.05, 0) is 0 Å². The normalized spacial score (nSPS) is 0.857. The zero-order valence-electron chi connectivity index (χ0n) is 3.22. The van der Waals surface area contributed by atoms with E-state index in [9.17, 15) is 0 Å². The van der Waals surface area contributed by atoms with Crippen molar-refractivity contribution >= 4 is 44.7 Å². The van der Waals surface area contributed by atoms with Gasteiger partial charge in [-0.25, -0.2) is 0 Å². The van der Waals surface area contributed by atoms with Crippen molar-refractivity contribution in [2.24, 2.45) is 0 Å². The van der Waals surface area contributed by atoms with Gasteiger partial charge in [0.2, 0.25) is 0 Å². The molecule has 6 heteroatoms. The van der Waals surface area contributed by atoms with E-state index in [4.69, 9.17) is 3.17 Å². The molecule has 7 heavy (non-hydrogen) atoms. The Morgan fingerprint density at radius 1 is 1.00 bits per heavy atom. The topological polar surface area (TPSA) is 109 Å². The maximum absolute atomic E-state index is 8.28. The SMILES string of the molecule is C.O.[Mg+2].[OH-].[OH-].[O]=[Mg]. The average molecular weight is 133 g/mol. The monoisotopic (exact) mass is 132 g/mol. The first-order chi connectivity index (χ1) is 1.00. The number of hydrogen-bond donors (Lipinski definition) is 0. The Balaban J connectivity index is -0.000000000500. The summed E-state index contributed by atoms with van der Waals surface area (Å²) >= 11 is 0.611. The molecule has 0 bridgehead atoms. The molecule has 0 aromatic rings. The second-order valence-corrected chi connectivity index (χ2v) is 0. The van der Waals surface area contributed by atoms with Crippen LogP contribution in [0.4, 0.5) is 0 Å². The molecule has 40 valence electrons. The molecule has 0 spiro atoms.